The number of nitrogens with zero attached hydrogens (tertiary/aromatic N) is 4. The van der Waals surface area contributed by atoms with Crippen LogP contribution < -0.4 is 10.4 Å². The molecule has 0 atom stereocenters. The molecule has 0 saturated carbocycles. The molecular formula is C36H24N4. The Bertz CT molecular complexity index is 2410. The van der Waals surface area contributed by atoms with Crippen molar-refractivity contribution in [3.8, 4) is 17.1 Å². The highest BCUT2D eigenvalue weighted by atomic mass is 15.1. The van der Waals surface area contributed by atoms with Crippen LogP contribution in [0.4, 0.5) is 0 Å². The van der Waals surface area contributed by atoms with Crippen LogP contribution in [0.1, 0.15) is 0 Å². The Hall–Kier alpha value is -5.48. The molecule has 8 aromatic rings. The van der Waals surface area contributed by atoms with Gasteiger partial charge in [0, 0.05) is 39.5 Å². The fourth-order valence-corrected chi connectivity index (χ4v) is 6.13. The summed E-state index contributed by atoms with van der Waals surface area (Å²) in [5.74, 6) is 0.875. The lowest BCUT2D eigenvalue weighted by Gasteiger charge is -2.11. The molecular weight excluding hydrogens is 488 g/mol. The Morgan fingerprint density at radius 2 is 1.45 bits per heavy atom. The Labute approximate surface area is 230 Å². The van der Waals surface area contributed by atoms with E-state index in [4.69, 9.17) is 4.98 Å². The fourth-order valence-electron chi connectivity index (χ4n) is 6.13. The number of hydrogen-bond donors (Lipinski definition) is 0. The summed E-state index contributed by atoms with van der Waals surface area (Å²) < 4.78 is 4.62. The van der Waals surface area contributed by atoms with E-state index in [0.29, 0.717) is 0 Å². The summed E-state index contributed by atoms with van der Waals surface area (Å²) in [5, 5.41) is 6.79. The zero-order valence-corrected chi connectivity index (χ0v) is 21.8. The summed E-state index contributed by atoms with van der Waals surface area (Å²) in [6.07, 6.45) is 7.53. The number of fused-ring (bicyclic) bond motifs is 8. The molecule has 0 radical (unpaired) electrons. The van der Waals surface area contributed by atoms with Gasteiger partial charge in [0.25, 0.3) is 0 Å². The number of allylic oxidation sites excluding steroid dienone is 1. The molecule has 0 saturated heterocycles. The van der Waals surface area contributed by atoms with Gasteiger partial charge in [0.1, 0.15) is 5.82 Å². The monoisotopic (exact) mass is 512 g/mol. The minimum absolute atomic E-state index is 0.875. The number of aromatic nitrogens is 4. The standard InChI is InChI=1S/C36H24N4/c1-3-9-26-23(2)33-20-25-10-4-6-13-31(25)39(33)34-22-35-29(21-28(26)34)27-11-5-7-14-32(27)40(35)36-15-8-12-30(38-36)24-16-18-37-19-17-24/h3-22H,1-2H2/b26-9+. The normalized spacial score (nSPS) is 12.3. The predicted molar refractivity (Wildman–Crippen MR) is 167 cm³/mol. The van der Waals surface area contributed by atoms with Gasteiger partial charge < -0.3 is 4.40 Å². The summed E-state index contributed by atoms with van der Waals surface area (Å²) in [5.41, 5.74) is 7.56. The van der Waals surface area contributed by atoms with Crippen LogP contribution in [0.15, 0.2) is 122 Å². The first-order valence-corrected chi connectivity index (χ1v) is 13.3. The first-order chi connectivity index (χ1) is 19.7. The molecule has 40 heavy (non-hydrogen) atoms. The molecule has 5 aromatic heterocycles. The van der Waals surface area contributed by atoms with E-state index in [1.54, 1.807) is 12.4 Å². The quantitative estimate of drug-likeness (QED) is 0.251. The third-order valence-corrected chi connectivity index (χ3v) is 7.89. The minimum atomic E-state index is 0.875. The Kier molecular flexibility index (Phi) is 4.79. The number of rotatable bonds is 3. The number of para-hydroxylation sites is 2. The van der Waals surface area contributed by atoms with Gasteiger partial charge in [-0.1, -0.05) is 67.8 Å². The average molecular weight is 513 g/mol. The summed E-state index contributed by atoms with van der Waals surface area (Å²) in [7, 11) is 0. The van der Waals surface area contributed by atoms with Crippen LogP contribution in [0.25, 0.3) is 78.9 Å². The first kappa shape index (κ1) is 22.5. The first-order valence-electron chi connectivity index (χ1n) is 13.3. The van der Waals surface area contributed by atoms with Crippen molar-refractivity contribution < 1.29 is 0 Å². The lowest BCUT2D eigenvalue weighted by Crippen LogP contribution is -2.26. The Morgan fingerprint density at radius 1 is 0.650 bits per heavy atom. The molecule has 0 spiro atoms. The maximum atomic E-state index is 5.13. The molecule has 3 aromatic carbocycles. The van der Waals surface area contributed by atoms with E-state index in [-0.39, 0.29) is 0 Å². The maximum Gasteiger partial charge on any atom is 0.138 e. The molecule has 0 fully saturated rings. The van der Waals surface area contributed by atoms with Gasteiger partial charge in [-0.25, -0.2) is 4.98 Å². The van der Waals surface area contributed by atoms with Crippen LogP contribution in [0.2, 0.25) is 0 Å². The predicted octanol–water partition coefficient (Wildman–Crippen LogP) is 7.18. The van der Waals surface area contributed by atoms with Crippen molar-refractivity contribution in [3.63, 3.8) is 0 Å². The van der Waals surface area contributed by atoms with Crippen molar-refractivity contribution >= 4 is 61.8 Å². The number of hydrogen-bond acceptors (Lipinski definition) is 2. The molecule has 0 aliphatic carbocycles. The van der Waals surface area contributed by atoms with Crippen LogP contribution in [-0.4, -0.2) is 18.9 Å². The fraction of sp³-hybridized carbons (Fsp3) is 0. The molecule has 0 aliphatic heterocycles. The van der Waals surface area contributed by atoms with Gasteiger partial charge in [0.15, 0.2) is 0 Å². The molecule has 0 bridgehead atoms. The van der Waals surface area contributed by atoms with Gasteiger partial charge >= 0.3 is 0 Å². The van der Waals surface area contributed by atoms with Gasteiger partial charge in [0.2, 0.25) is 0 Å². The van der Waals surface area contributed by atoms with Crippen LogP contribution in [0.3, 0.4) is 0 Å². The lowest BCUT2D eigenvalue weighted by atomic mass is 10.1. The molecule has 0 amide bonds. The van der Waals surface area contributed by atoms with Gasteiger partial charge in [-0.15, -0.1) is 0 Å². The van der Waals surface area contributed by atoms with Crippen molar-refractivity contribution in [1.29, 1.82) is 0 Å². The zero-order chi connectivity index (χ0) is 26.8. The summed E-state index contributed by atoms with van der Waals surface area (Å²) in [6, 6.07) is 34.1. The van der Waals surface area contributed by atoms with Crippen LogP contribution >= 0.6 is 0 Å². The second-order valence-electron chi connectivity index (χ2n) is 10.1. The second kappa shape index (κ2) is 8.52. The molecule has 5 heterocycles. The molecule has 0 unspecified atom stereocenters. The van der Waals surface area contributed by atoms with E-state index < -0.39 is 0 Å². The average Bonchev–Trinajstić information content (AvgIpc) is 3.55. The summed E-state index contributed by atoms with van der Waals surface area (Å²) in [4.78, 5) is 9.30. The van der Waals surface area contributed by atoms with Gasteiger partial charge in [-0.05, 0) is 65.0 Å². The Morgan fingerprint density at radius 3 is 2.30 bits per heavy atom. The van der Waals surface area contributed by atoms with Crippen molar-refractivity contribution in [2.45, 2.75) is 0 Å². The zero-order valence-electron chi connectivity index (χ0n) is 21.8. The molecule has 4 nitrogen and oxygen atoms in total. The largest absolute Gasteiger partial charge is 0.309 e. The highest BCUT2D eigenvalue weighted by Crippen LogP contribution is 2.35. The Balaban J connectivity index is 1.57. The van der Waals surface area contributed by atoms with Crippen LogP contribution in [-0.2, 0) is 0 Å². The van der Waals surface area contributed by atoms with E-state index in [1.807, 2.05) is 24.3 Å². The topological polar surface area (TPSA) is 35.1 Å². The van der Waals surface area contributed by atoms with Gasteiger partial charge in [-0.2, -0.15) is 0 Å². The number of benzene rings is 3. The maximum absolute atomic E-state index is 5.13. The van der Waals surface area contributed by atoms with E-state index in [2.05, 4.69) is 112 Å². The third-order valence-electron chi connectivity index (χ3n) is 7.89. The molecule has 0 aliphatic rings. The molecule has 8 rings (SSSR count). The van der Waals surface area contributed by atoms with Crippen molar-refractivity contribution in [3.05, 3.63) is 133 Å². The van der Waals surface area contributed by atoms with Crippen molar-refractivity contribution in [2.75, 3.05) is 0 Å². The van der Waals surface area contributed by atoms with Gasteiger partial charge in [0.05, 0.1) is 33.3 Å². The van der Waals surface area contributed by atoms with Crippen LogP contribution in [0, 0.1) is 0 Å². The molecule has 188 valence electrons. The SMILES string of the molecule is C=C/C=c1\c(=C)c2cc3ccccc3n2c2cc3c(cc12)c1ccccc1n3-c1cccc(-c2ccncc2)n1. The van der Waals surface area contributed by atoms with E-state index in [9.17, 15) is 0 Å². The summed E-state index contributed by atoms with van der Waals surface area (Å²) >= 11 is 0. The summed E-state index contributed by atoms with van der Waals surface area (Å²) in [6.45, 7) is 8.54. The van der Waals surface area contributed by atoms with E-state index in [1.165, 1.54) is 16.2 Å². The van der Waals surface area contributed by atoms with Crippen molar-refractivity contribution in [2.24, 2.45) is 0 Å². The van der Waals surface area contributed by atoms with E-state index >= 15 is 0 Å². The third kappa shape index (κ3) is 3.13. The molecule has 0 N–H and O–H groups in total. The van der Waals surface area contributed by atoms with Crippen LogP contribution in [0.5, 0.6) is 0 Å². The molecule has 4 heteroatoms. The van der Waals surface area contributed by atoms with E-state index in [0.717, 1.165) is 60.5 Å². The van der Waals surface area contributed by atoms with Gasteiger partial charge in [-0.3, -0.25) is 9.55 Å². The minimum Gasteiger partial charge on any atom is -0.309 e. The highest BCUT2D eigenvalue weighted by molar-refractivity contribution is 6.14. The van der Waals surface area contributed by atoms with Crippen molar-refractivity contribution in [1.82, 2.24) is 18.9 Å². The number of pyridine rings is 3. The smallest absolute Gasteiger partial charge is 0.138 e. The lowest BCUT2D eigenvalue weighted by molar-refractivity contribution is 1.08. The second-order valence-corrected chi connectivity index (χ2v) is 10.1. The highest BCUT2D eigenvalue weighted by Gasteiger charge is 2.17.